The molecule has 1 aromatic rings. The van der Waals surface area contributed by atoms with Crippen LogP contribution in [-0.2, 0) is 6.42 Å². The molecule has 88 valence electrons. The molecule has 1 unspecified atom stereocenters. The second-order valence-electron chi connectivity index (χ2n) is 4.87. The Morgan fingerprint density at radius 1 is 1.19 bits per heavy atom. The average Bonchev–Trinajstić information content (AvgIpc) is 2.74. The van der Waals surface area contributed by atoms with Crippen molar-refractivity contribution < 1.29 is 9.50 Å². The molecule has 1 aromatic carbocycles. The third kappa shape index (κ3) is 3.31. The molecule has 0 amide bonds. The van der Waals surface area contributed by atoms with Gasteiger partial charge in [-0.25, -0.2) is 4.39 Å². The van der Waals surface area contributed by atoms with Gasteiger partial charge in [-0.3, -0.25) is 0 Å². The van der Waals surface area contributed by atoms with E-state index in [1.54, 1.807) is 12.1 Å². The van der Waals surface area contributed by atoms with E-state index in [9.17, 15) is 9.50 Å². The summed E-state index contributed by atoms with van der Waals surface area (Å²) in [6.07, 6.45) is 6.44. The maximum Gasteiger partial charge on any atom is 0.123 e. The highest BCUT2D eigenvalue weighted by Crippen LogP contribution is 2.29. The third-order valence-corrected chi connectivity index (χ3v) is 3.46. The fourth-order valence-electron chi connectivity index (χ4n) is 2.61. The van der Waals surface area contributed by atoms with Gasteiger partial charge in [0.15, 0.2) is 0 Å². The first kappa shape index (κ1) is 11.6. The predicted octanol–water partition coefficient (Wildman–Crippen LogP) is 3.31. The molecule has 0 radical (unpaired) electrons. The fraction of sp³-hybridized carbons (Fsp3) is 0.571. The van der Waals surface area contributed by atoms with Crippen molar-refractivity contribution in [3.63, 3.8) is 0 Å². The first-order valence-corrected chi connectivity index (χ1v) is 6.16. The lowest BCUT2D eigenvalue weighted by Crippen LogP contribution is -2.14. The summed E-state index contributed by atoms with van der Waals surface area (Å²) in [7, 11) is 0. The zero-order chi connectivity index (χ0) is 11.4. The number of rotatable bonds is 4. The molecule has 0 spiro atoms. The lowest BCUT2D eigenvalue weighted by Gasteiger charge is -2.15. The number of hydrogen-bond acceptors (Lipinski definition) is 1. The molecule has 0 aliphatic heterocycles. The standard InChI is InChI=1S/C14H19FO/c15-13-7-5-12(6-8-13)10-14(16)9-11-3-1-2-4-11/h5-8,11,14,16H,1-4,9-10H2. The average molecular weight is 222 g/mol. The second-order valence-corrected chi connectivity index (χ2v) is 4.87. The lowest BCUT2D eigenvalue weighted by atomic mass is 9.96. The zero-order valence-corrected chi connectivity index (χ0v) is 9.53. The van der Waals surface area contributed by atoms with Crippen molar-refractivity contribution in [3.8, 4) is 0 Å². The molecule has 0 heterocycles. The minimum Gasteiger partial charge on any atom is -0.393 e. The van der Waals surface area contributed by atoms with Crippen LogP contribution in [0.5, 0.6) is 0 Å². The van der Waals surface area contributed by atoms with Crippen LogP contribution in [0.1, 0.15) is 37.7 Å². The maximum absolute atomic E-state index is 12.7. The van der Waals surface area contributed by atoms with Crippen molar-refractivity contribution in [2.24, 2.45) is 5.92 Å². The number of aliphatic hydroxyl groups is 1. The predicted molar refractivity (Wildman–Crippen MR) is 62.7 cm³/mol. The van der Waals surface area contributed by atoms with Crippen molar-refractivity contribution >= 4 is 0 Å². The van der Waals surface area contributed by atoms with E-state index < -0.39 is 0 Å². The van der Waals surface area contributed by atoms with E-state index in [-0.39, 0.29) is 11.9 Å². The molecule has 1 nitrogen and oxygen atoms in total. The van der Waals surface area contributed by atoms with Gasteiger partial charge < -0.3 is 5.11 Å². The Bertz CT molecular complexity index is 314. The molecule has 0 saturated heterocycles. The first-order valence-electron chi connectivity index (χ1n) is 6.16. The summed E-state index contributed by atoms with van der Waals surface area (Å²) in [4.78, 5) is 0. The smallest absolute Gasteiger partial charge is 0.123 e. The quantitative estimate of drug-likeness (QED) is 0.828. The first-order chi connectivity index (χ1) is 7.74. The normalized spacial score (nSPS) is 18.9. The Hall–Kier alpha value is -0.890. The van der Waals surface area contributed by atoms with E-state index in [0.29, 0.717) is 12.3 Å². The summed E-state index contributed by atoms with van der Waals surface area (Å²) in [5.41, 5.74) is 1.02. The summed E-state index contributed by atoms with van der Waals surface area (Å²) < 4.78 is 12.7. The van der Waals surface area contributed by atoms with E-state index in [1.807, 2.05) is 0 Å². The van der Waals surface area contributed by atoms with E-state index in [1.165, 1.54) is 37.8 Å². The van der Waals surface area contributed by atoms with Gasteiger partial charge in [-0.15, -0.1) is 0 Å². The van der Waals surface area contributed by atoms with Gasteiger partial charge in [-0.1, -0.05) is 37.8 Å². The second kappa shape index (κ2) is 5.44. The molecule has 1 atom stereocenters. The summed E-state index contributed by atoms with van der Waals surface area (Å²) in [5, 5.41) is 9.94. The molecule has 0 bridgehead atoms. The molecule has 16 heavy (non-hydrogen) atoms. The molecular formula is C14H19FO. The van der Waals surface area contributed by atoms with Crippen LogP contribution in [0.25, 0.3) is 0 Å². The Morgan fingerprint density at radius 3 is 2.44 bits per heavy atom. The summed E-state index contributed by atoms with van der Waals surface area (Å²) in [5.74, 6) is 0.490. The fourth-order valence-corrected chi connectivity index (χ4v) is 2.61. The monoisotopic (exact) mass is 222 g/mol. The Balaban J connectivity index is 1.81. The molecule has 1 aliphatic carbocycles. The lowest BCUT2D eigenvalue weighted by molar-refractivity contribution is 0.143. The van der Waals surface area contributed by atoms with Gasteiger partial charge in [0.25, 0.3) is 0 Å². The van der Waals surface area contributed by atoms with Crippen LogP contribution in [0.2, 0.25) is 0 Å². The van der Waals surface area contributed by atoms with Crippen LogP contribution in [0.4, 0.5) is 4.39 Å². The number of hydrogen-bond donors (Lipinski definition) is 1. The van der Waals surface area contributed by atoms with E-state index in [0.717, 1.165) is 12.0 Å². The van der Waals surface area contributed by atoms with Crippen LogP contribution in [0.3, 0.4) is 0 Å². The minimum absolute atomic E-state index is 0.214. The van der Waals surface area contributed by atoms with Gasteiger partial charge in [0, 0.05) is 0 Å². The maximum atomic E-state index is 12.7. The van der Waals surface area contributed by atoms with Gasteiger partial charge in [-0.05, 0) is 36.5 Å². The highest BCUT2D eigenvalue weighted by Gasteiger charge is 2.18. The van der Waals surface area contributed by atoms with Crippen LogP contribution in [-0.4, -0.2) is 11.2 Å². The van der Waals surface area contributed by atoms with Crippen molar-refractivity contribution in [1.82, 2.24) is 0 Å². The Labute approximate surface area is 96.3 Å². The van der Waals surface area contributed by atoms with E-state index >= 15 is 0 Å². The van der Waals surface area contributed by atoms with Gasteiger partial charge in [-0.2, -0.15) is 0 Å². The topological polar surface area (TPSA) is 20.2 Å². The summed E-state index contributed by atoms with van der Waals surface area (Å²) in [6, 6.07) is 6.43. The van der Waals surface area contributed by atoms with E-state index in [4.69, 9.17) is 0 Å². The summed E-state index contributed by atoms with van der Waals surface area (Å²) in [6.45, 7) is 0. The molecule has 1 saturated carbocycles. The van der Waals surface area contributed by atoms with Gasteiger partial charge in [0.05, 0.1) is 6.10 Å². The SMILES string of the molecule is OC(Cc1ccc(F)cc1)CC1CCCC1. The molecule has 1 fully saturated rings. The van der Waals surface area contributed by atoms with Crippen LogP contribution in [0.15, 0.2) is 24.3 Å². The molecule has 0 aromatic heterocycles. The molecule has 2 rings (SSSR count). The van der Waals surface area contributed by atoms with Crippen LogP contribution < -0.4 is 0 Å². The highest BCUT2D eigenvalue weighted by molar-refractivity contribution is 5.16. The molecular weight excluding hydrogens is 203 g/mol. The Morgan fingerprint density at radius 2 is 1.81 bits per heavy atom. The number of benzene rings is 1. The number of aliphatic hydroxyl groups excluding tert-OH is 1. The largest absolute Gasteiger partial charge is 0.393 e. The molecule has 2 heteroatoms. The highest BCUT2D eigenvalue weighted by atomic mass is 19.1. The third-order valence-electron chi connectivity index (χ3n) is 3.46. The number of halogens is 1. The van der Waals surface area contributed by atoms with Crippen molar-refractivity contribution in [2.45, 2.75) is 44.6 Å². The van der Waals surface area contributed by atoms with Gasteiger partial charge in [0.2, 0.25) is 0 Å². The molecule has 1 aliphatic rings. The van der Waals surface area contributed by atoms with Crippen molar-refractivity contribution in [1.29, 1.82) is 0 Å². The minimum atomic E-state index is -0.270. The Kier molecular flexibility index (Phi) is 3.94. The van der Waals surface area contributed by atoms with Crippen molar-refractivity contribution in [2.75, 3.05) is 0 Å². The summed E-state index contributed by atoms with van der Waals surface area (Å²) >= 11 is 0. The van der Waals surface area contributed by atoms with Crippen molar-refractivity contribution in [3.05, 3.63) is 35.6 Å². The molecule has 1 N–H and O–H groups in total. The van der Waals surface area contributed by atoms with Crippen LogP contribution >= 0.6 is 0 Å². The van der Waals surface area contributed by atoms with Gasteiger partial charge in [0.1, 0.15) is 5.82 Å². The van der Waals surface area contributed by atoms with Gasteiger partial charge >= 0.3 is 0 Å². The zero-order valence-electron chi connectivity index (χ0n) is 9.53. The van der Waals surface area contributed by atoms with E-state index in [2.05, 4.69) is 0 Å². The van der Waals surface area contributed by atoms with Crippen LogP contribution in [0, 0.1) is 11.7 Å².